The minimum Gasteiger partial charge on any atom is -0.356 e. The number of unbranched alkanes of at least 4 members (excludes halogenated alkanes) is 3. The lowest BCUT2D eigenvalue weighted by Crippen LogP contribution is -2.49. The van der Waals surface area contributed by atoms with Crippen molar-refractivity contribution < 1.29 is 9.59 Å². The Kier molecular flexibility index (Phi) is 3.82. The highest BCUT2D eigenvalue weighted by molar-refractivity contribution is 6.08. The molecule has 1 aromatic heterocycles. The number of rotatable bonds is 5. The molecular weight excluding hydrogens is 314 g/mol. The molecule has 1 saturated heterocycles. The molecule has 5 heteroatoms. The first-order chi connectivity index (χ1) is 12.1. The van der Waals surface area contributed by atoms with E-state index in [0.717, 1.165) is 43.3 Å². The molecule has 3 heterocycles. The number of aromatic amines is 1. The highest BCUT2D eigenvalue weighted by Gasteiger charge is 2.58. The molecule has 4 rings (SSSR count). The molecule has 1 unspecified atom stereocenters. The first-order valence-electron chi connectivity index (χ1n) is 9.32. The highest BCUT2D eigenvalue weighted by atomic mass is 16.2. The fraction of sp³-hybridized carbons (Fsp3) is 0.500. The summed E-state index contributed by atoms with van der Waals surface area (Å²) in [5.41, 5.74) is 2.23. The normalized spacial score (nSPS) is 22.6. The van der Waals surface area contributed by atoms with Crippen molar-refractivity contribution in [1.82, 2.24) is 14.8 Å². The van der Waals surface area contributed by atoms with Gasteiger partial charge in [-0.3, -0.25) is 9.69 Å². The van der Waals surface area contributed by atoms with E-state index in [1.807, 2.05) is 25.1 Å². The van der Waals surface area contributed by atoms with E-state index in [9.17, 15) is 9.59 Å². The molecule has 1 N–H and O–H groups in total. The number of nitrogens with one attached hydrogen (secondary N) is 1. The maximum Gasteiger partial charge on any atom is 0.327 e. The third-order valence-electron chi connectivity index (χ3n) is 5.78. The summed E-state index contributed by atoms with van der Waals surface area (Å²) in [6, 6.07) is 8.01. The molecule has 0 radical (unpaired) electrons. The molecular formula is C20H25N3O2. The first kappa shape index (κ1) is 16.2. The van der Waals surface area contributed by atoms with Gasteiger partial charge in [0.25, 0.3) is 5.91 Å². The van der Waals surface area contributed by atoms with E-state index in [2.05, 4.69) is 18.0 Å². The Morgan fingerprint density at radius 3 is 2.76 bits per heavy atom. The molecule has 25 heavy (non-hydrogen) atoms. The minimum absolute atomic E-state index is 0.0819. The Balaban J connectivity index is 1.70. The number of benzene rings is 1. The standard InChI is InChI=1S/C20H25N3O2/c1-3-4-5-8-12-22-18(24)20(2)17-15(11-13-23(20)19(22)25)14-9-6-7-10-16(14)21-17/h6-7,9-10,21H,3-5,8,11-13H2,1-2H3. The van der Waals surface area contributed by atoms with Crippen LogP contribution in [0.1, 0.15) is 50.8 Å². The van der Waals surface area contributed by atoms with Gasteiger partial charge in [0.1, 0.15) is 0 Å². The summed E-state index contributed by atoms with van der Waals surface area (Å²) in [5, 5.41) is 1.17. The SMILES string of the molecule is CCCCCCN1C(=O)N2CCc3c([nH]c4ccccc34)C2(C)C1=O. The molecule has 5 nitrogen and oxygen atoms in total. The van der Waals surface area contributed by atoms with Gasteiger partial charge in [0.15, 0.2) is 5.54 Å². The van der Waals surface area contributed by atoms with Crippen molar-refractivity contribution in [1.29, 1.82) is 0 Å². The van der Waals surface area contributed by atoms with Crippen LogP contribution in [-0.2, 0) is 16.8 Å². The summed E-state index contributed by atoms with van der Waals surface area (Å²) in [6.45, 7) is 5.18. The lowest BCUT2D eigenvalue weighted by molar-refractivity contribution is -0.133. The van der Waals surface area contributed by atoms with E-state index in [-0.39, 0.29) is 11.9 Å². The fourth-order valence-electron chi connectivity index (χ4n) is 4.36. The smallest absolute Gasteiger partial charge is 0.327 e. The molecule has 1 atom stereocenters. The van der Waals surface area contributed by atoms with Gasteiger partial charge >= 0.3 is 6.03 Å². The predicted octanol–water partition coefficient (Wildman–Crippen LogP) is 3.78. The van der Waals surface area contributed by atoms with Crippen molar-refractivity contribution in [2.45, 2.75) is 51.5 Å². The van der Waals surface area contributed by atoms with Crippen LogP contribution in [-0.4, -0.2) is 39.8 Å². The summed E-state index contributed by atoms with van der Waals surface area (Å²) in [6.07, 6.45) is 5.02. The zero-order valence-corrected chi connectivity index (χ0v) is 15.0. The number of hydrogen-bond donors (Lipinski definition) is 1. The van der Waals surface area contributed by atoms with Gasteiger partial charge in [-0.05, 0) is 31.4 Å². The second kappa shape index (κ2) is 5.90. The number of fused-ring (bicyclic) bond motifs is 5. The monoisotopic (exact) mass is 339 g/mol. The molecule has 0 aliphatic carbocycles. The lowest BCUT2D eigenvalue weighted by atomic mass is 9.87. The minimum atomic E-state index is -0.894. The zero-order chi connectivity index (χ0) is 17.6. The Labute approximate surface area is 148 Å². The van der Waals surface area contributed by atoms with Crippen LogP contribution in [0.25, 0.3) is 10.9 Å². The first-order valence-corrected chi connectivity index (χ1v) is 9.32. The van der Waals surface area contributed by atoms with Gasteiger partial charge in [-0.25, -0.2) is 4.79 Å². The predicted molar refractivity (Wildman–Crippen MR) is 97.3 cm³/mol. The number of para-hydroxylation sites is 1. The molecule has 0 bridgehead atoms. The Bertz CT molecular complexity index is 841. The van der Waals surface area contributed by atoms with E-state index in [1.165, 1.54) is 15.8 Å². The van der Waals surface area contributed by atoms with Crippen LogP contribution in [0, 0.1) is 0 Å². The topological polar surface area (TPSA) is 56.4 Å². The quantitative estimate of drug-likeness (QED) is 0.666. The average molecular weight is 339 g/mol. The van der Waals surface area contributed by atoms with Crippen LogP contribution in [0.3, 0.4) is 0 Å². The van der Waals surface area contributed by atoms with Crippen molar-refractivity contribution in [2.75, 3.05) is 13.1 Å². The number of nitrogens with zero attached hydrogens (tertiary/aromatic N) is 2. The molecule has 3 amide bonds. The van der Waals surface area contributed by atoms with Gasteiger partial charge in [-0.1, -0.05) is 44.4 Å². The molecule has 2 aliphatic heterocycles. The number of carbonyl (C=O) groups excluding carboxylic acids is 2. The third-order valence-corrected chi connectivity index (χ3v) is 5.78. The van der Waals surface area contributed by atoms with E-state index in [0.29, 0.717) is 13.1 Å². The van der Waals surface area contributed by atoms with Crippen LogP contribution in [0.2, 0.25) is 0 Å². The van der Waals surface area contributed by atoms with Crippen molar-refractivity contribution in [3.05, 3.63) is 35.5 Å². The second-order valence-electron chi connectivity index (χ2n) is 7.30. The summed E-state index contributed by atoms with van der Waals surface area (Å²) in [4.78, 5) is 32.7. The summed E-state index contributed by atoms with van der Waals surface area (Å²) in [5.74, 6) is -0.0819. The largest absolute Gasteiger partial charge is 0.356 e. The van der Waals surface area contributed by atoms with E-state index in [1.54, 1.807) is 4.90 Å². The van der Waals surface area contributed by atoms with E-state index in [4.69, 9.17) is 0 Å². The van der Waals surface area contributed by atoms with Crippen molar-refractivity contribution >= 4 is 22.8 Å². The molecule has 2 aliphatic rings. The third kappa shape index (κ3) is 2.21. The van der Waals surface area contributed by atoms with Crippen LogP contribution in [0.15, 0.2) is 24.3 Å². The number of H-pyrrole nitrogens is 1. The molecule has 0 spiro atoms. The molecule has 1 fully saturated rings. The molecule has 2 aromatic rings. The number of amides is 3. The van der Waals surface area contributed by atoms with Crippen LogP contribution in [0.5, 0.6) is 0 Å². The van der Waals surface area contributed by atoms with Gasteiger partial charge in [0.05, 0.1) is 5.69 Å². The van der Waals surface area contributed by atoms with Crippen molar-refractivity contribution in [3.63, 3.8) is 0 Å². The van der Waals surface area contributed by atoms with E-state index < -0.39 is 5.54 Å². The number of urea groups is 1. The molecule has 1 aromatic carbocycles. The summed E-state index contributed by atoms with van der Waals surface area (Å²) >= 11 is 0. The number of imide groups is 1. The highest BCUT2D eigenvalue weighted by Crippen LogP contribution is 2.43. The summed E-state index contributed by atoms with van der Waals surface area (Å²) in [7, 11) is 0. The molecule has 132 valence electrons. The number of carbonyl (C=O) groups is 2. The molecule has 0 saturated carbocycles. The second-order valence-corrected chi connectivity index (χ2v) is 7.30. The Morgan fingerprint density at radius 2 is 1.96 bits per heavy atom. The summed E-state index contributed by atoms with van der Waals surface area (Å²) < 4.78 is 0. The van der Waals surface area contributed by atoms with Gasteiger partial charge < -0.3 is 9.88 Å². The fourth-order valence-corrected chi connectivity index (χ4v) is 4.36. The Hall–Kier alpha value is -2.30. The Morgan fingerprint density at radius 1 is 1.16 bits per heavy atom. The van der Waals surface area contributed by atoms with Crippen LogP contribution >= 0.6 is 0 Å². The van der Waals surface area contributed by atoms with Gasteiger partial charge in [-0.15, -0.1) is 0 Å². The zero-order valence-electron chi connectivity index (χ0n) is 15.0. The van der Waals surface area contributed by atoms with Gasteiger partial charge in [0, 0.05) is 24.0 Å². The van der Waals surface area contributed by atoms with Crippen LogP contribution in [0.4, 0.5) is 4.79 Å². The number of aromatic nitrogens is 1. The van der Waals surface area contributed by atoms with Crippen LogP contribution < -0.4 is 0 Å². The van der Waals surface area contributed by atoms with Gasteiger partial charge in [-0.2, -0.15) is 0 Å². The maximum absolute atomic E-state index is 13.2. The lowest BCUT2D eigenvalue weighted by Gasteiger charge is -2.36. The van der Waals surface area contributed by atoms with Crippen molar-refractivity contribution in [3.8, 4) is 0 Å². The maximum atomic E-state index is 13.2. The van der Waals surface area contributed by atoms with Crippen molar-refractivity contribution in [2.24, 2.45) is 0 Å². The average Bonchev–Trinajstić information content (AvgIpc) is 3.08. The van der Waals surface area contributed by atoms with Gasteiger partial charge in [0.2, 0.25) is 0 Å². The van der Waals surface area contributed by atoms with E-state index >= 15 is 0 Å². The number of hydrogen-bond acceptors (Lipinski definition) is 2.